The van der Waals surface area contributed by atoms with E-state index >= 15 is 0 Å². The van der Waals surface area contributed by atoms with Crippen LogP contribution < -0.4 is 4.74 Å². The zero-order valence-corrected chi connectivity index (χ0v) is 13.6. The molecule has 0 aliphatic carbocycles. The Morgan fingerprint density at radius 1 is 1.38 bits per heavy atom. The fourth-order valence-electron chi connectivity index (χ4n) is 3.41. The van der Waals surface area contributed by atoms with Crippen molar-refractivity contribution in [3.05, 3.63) is 48.2 Å². The van der Waals surface area contributed by atoms with Crippen LogP contribution in [-0.4, -0.2) is 47.2 Å². The van der Waals surface area contributed by atoms with E-state index in [4.69, 9.17) is 13.9 Å². The Balaban J connectivity index is 1.36. The average Bonchev–Trinajstić information content (AvgIpc) is 3.00. The molecule has 6 nitrogen and oxygen atoms in total. The normalized spacial score (nSPS) is 22.2. The zero-order valence-electron chi connectivity index (χ0n) is 13.6. The maximum Gasteiger partial charge on any atom is 0.289 e. The first-order chi connectivity index (χ1) is 11.6. The number of pyridine rings is 1. The van der Waals surface area contributed by atoms with Crippen molar-refractivity contribution >= 4 is 5.91 Å². The molecule has 1 amide bonds. The molecule has 4 rings (SSSR count). The Labute approximate surface area is 140 Å². The van der Waals surface area contributed by atoms with Crippen LogP contribution >= 0.6 is 0 Å². The SMILES string of the molecule is Cc1ccc(C(=O)N2CC3(CC(Oc4cccnc4)CCO3)C2)o1. The third kappa shape index (κ3) is 2.89. The Morgan fingerprint density at radius 3 is 2.96 bits per heavy atom. The van der Waals surface area contributed by atoms with Crippen molar-refractivity contribution in [1.82, 2.24) is 9.88 Å². The van der Waals surface area contributed by atoms with E-state index in [9.17, 15) is 4.79 Å². The molecule has 24 heavy (non-hydrogen) atoms. The second-order valence-electron chi connectivity index (χ2n) is 6.52. The molecule has 6 heteroatoms. The quantitative estimate of drug-likeness (QED) is 0.866. The lowest BCUT2D eigenvalue weighted by Crippen LogP contribution is -2.67. The fraction of sp³-hybridized carbons (Fsp3) is 0.444. The summed E-state index contributed by atoms with van der Waals surface area (Å²) in [5.41, 5.74) is -0.289. The molecular formula is C18H20N2O4. The molecular weight excluding hydrogens is 308 g/mol. The number of aryl methyl sites for hydroxylation is 1. The van der Waals surface area contributed by atoms with E-state index in [1.54, 1.807) is 29.4 Å². The first-order valence-corrected chi connectivity index (χ1v) is 8.20. The van der Waals surface area contributed by atoms with Gasteiger partial charge in [0.1, 0.15) is 23.2 Å². The lowest BCUT2D eigenvalue weighted by Gasteiger charge is -2.52. The predicted molar refractivity (Wildman–Crippen MR) is 85.9 cm³/mol. The Hall–Kier alpha value is -2.34. The predicted octanol–water partition coefficient (Wildman–Crippen LogP) is 2.44. The van der Waals surface area contributed by atoms with Gasteiger partial charge in [-0.3, -0.25) is 9.78 Å². The molecule has 2 aromatic heterocycles. The van der Waals surface area contributed by atoms with E-state index in [-0.39, 0.29) is 17.6 Å². The van der Waals surface area contributed by atoms with E-state index in [1.165, 1.54) is 0 Å². The van der Waals surface area contributed by atoms with Crippen LogP contribution in [0.4, 0.5) is 0 Å². The summed E-state index contributed by atoms with van der Waals surface area (Å²) in [6, 6.07) is 7.29. The average molecular weight is 328 g/mol. The van der Waals surface area contributed by atoms with Gasteiger partial charge in [-0.25, -0.2) is 0 Å². The number of furan rings is 1. The second kappa shape index (κ2) is 5.94. The summed E-state index contributed by atoms with van der Waals surface area (Å²) in [7, 11) is 0. The van der Waals surface area contributed by atoms with E-state index < -0.39 is 0 Å². The highest BCUT2D eigenvalue weighted by Gasteiger charge is 2.50. The van der Waals surface area contributed by atoms with Gasteiger partial charge in [0.2, 0.25) is 0 Å². The number of hydrogen-bond acceptors (Lipinski definition) is 5. The van der Waals surface area contributed by atoms with E-state index in [0.717, 1.165) is 24.4 Å². The van der Waals surface area contributed by atoms with Gasteiger partial charge in [-0.15, -0.1) is 0 Å². The highest BCUT2D eigenvalue weighted by molar-refractivity contribution is 5.92. The number of rotatable bonds is 3. The van der Waals surface area contributed by atoms with Gasteiger partial charge in [0.15, 0.2) is 5.76 Å². The van der Waals surface area contributed by atoms with Crippen LogP contribution in [0.1, 0.15) is 29.2 Å². The number of aromatic nitrogens is 1. The molecule has 0 N–H and O–H groups in total. The van der Waals surface area contributed by atoms with Gasteiger partial charge < -0.3 is 18.8 Å². The minimum absolute atomic E-state index is 0.0763. The highest BCUT2D eigenvalue weighted by atomic mass is 16.5. The molecule has 1 atom stereocenters. The second-order valence-corrected chi connectivity index (χ2v) is 6.52. The van der Waals surface area contributed by atoms with Crippen molar-refractivity contribution in [3.8, 4) is 5.75 Å². The maximum atomic E-state index is 12.4. The third-order valence-corrected chi connectivity index (χ3v) is 4.58. The molecule has 126 valence electrons. The van der Waals surface area contributed by atoms with Crippen LogP contribution in [0.15, 0.2) is 41.1 Å². The van der Waals surface area contributed by atoms with Crippen LogP contribution in [0.2, 0.25) is 0 Å². The summed E-state index contributed by atoms with van der Waals surface area (Å²) in [5.74, 6) is 1.83. The Morgan fingerprint density at radius 2 is 2.25 bits per heavy atom. The number of carbonyl (C=O) groups excluding carboxylic acids is 1. The summed E-state index contributed by atoms with van der Waals surface area (Å²) in [6.45, 7) is 3.64. The monoisotopic (exact) mass is 328 g/mol. The van der Waals surface area contributed by atoms with Crippen molar-refractivity contribution < 1.29 is 18.7 Å². The first-order valence-electron chi connectivity index (χ1n) is 8.20. The van der Waals surface area contributed by atoms with Crippen LogP contribution in [0.3, 0.4) is 0 Å². The molecule has 2 saturated heterocycles. The Kier molecular flexibility index (Phi) is 3.76. The zero-order chi connectivity index (χ0) is 16.6. The summed E-state index contributed by atoms with van der Waals surface area (Å²) >= 11 is 0. The summed E-state index contributed by atoms with van der Waals surface area (Å²) in [6.07, 6.45) is 5.17. The molecule has 0 bridgehead atoms. The van der Waals surface area contributed by atoms with Crippen molar-refractivity contribution in [2.75, 3.05) is 19.7 Å². The van der Waals surface area contributed by atoms with Gasteiger partial charge in [0.25, 0.3) is 5.91 Å². The van der Waals surface area contributed by atoms with Gasteiger partial charge in [-0.1, -0.05) is 0 Å². The molecule has 0 aromatic carbocycles. The largest absolute Gasteiger partial charge is 0.489 e. The van der Waals surface area contributed by atoms with Crippen molar-refractivity contribution in [2.24, 2.45) is 0 Å². The van der Waals surface area contributed by atoms with Gasteiger partial charge in [-0.05, 0) is 31.2 Å². The number of ether oxygens (including phenoxy) is 2. The molecule has 1 spiro atoms. The number of amides is 1. The minimum atomic E-state index is -0.289. The molecule has 1 unspecified atom stereocenters. The summed E-state index contributed by atoms with van der Waals surface area (Å²) in [5, 5.41) is 0. The van der Waals surface area contributed by atoms with Gasteiger partial charge in [-0.2, -0.15) is 0 Å². The molecule has 2 aliphatic heterocycles. The maximum absolute atomic E-state index is 12.4. The molecule has 4 heterocycles. The van der Waals surface area contributed by atoms with Crippen LogP contribution in [0.25, 0.3) is 0 Å². The van der Waals surface area contributed by atoms with Gasteiger partial charge >= 0.3 is 0 Å². The van der Waals surface area contributed by atoms with Crippen LogP contribution in [0, 0.1) is 6.92 Å². The molecule has 0 radical (unpaired) electrons. The molecule has 2 aliphatic rings. The van der Waals surface area contributed by atoms with E-state index in [2.05, 4.69) is 4.98 Å². The third-order valence-electron chi connectivity index (χ3n) is 4.58. The number of likely N-dealkylation sites (tertiary alicyclic amines) is 1. The molecule has 2 aromatic rings. The number of carbonyl (C=O) groups is 1. The summed E-state index contributed by atoms with van der Waals surface area (Å²) in [4.78, 5) is 18.2. The van der Waals surface area contributed by atoms with Crippen LogP contribution in [-0.2, 0) is 4.74 Å². The standard InChI is InChI=1S/C18H20N2O4/c1-13-4-5-16(23-13)17(21)20-11-18(12-20)9-14(6-8-22-18)24-15-3-2-7-19-10-15/h2-5,7,10,14H,6,8-9,11-12H2,1H3. The van der Waals surface area contributed by atoms with E-state index in [1.807, 2.05) is 19.1 Å². The lowest BCUT2D eigenvalue weighted by molar-refractivity contribution is -0.174. The molecule has 2 fully saturated rings. The van der Waals surface area contributed by atoms with E-state index in [0.29, 0.717) is 25.5 Å². The number of nitrogens with zero attached hydrogens (tertiary/aromatic N) is 2. The topological polar surface area (TPSA) is 64.8 Å². The van der Waals surface area contributed by atoms with Gasteiger partial charge in [0, 0.05) is 19.0 Å². The Bertz CT molecular complexity index is 722. The van der Waals surface area contributed by atoms with Gasteiger partial charge in [0.05, 0.1) is 25.9 Å². The highest BCUT2D eigenvalue weighted by Crippen LogP contribution is 2.36. The van der Waals surface area contributed by atoms with Crippen molar-refractivity contribution in [3.63, 3.8) is 0 Å². The fourth-order valence-corrected chi connectivity index (χ4v) is 3.41. The van der Waals surface area contributed by atoms with Crippen molar-refractivity contribution in [1.29, 1.82) is 0 Å². The minimum Gasteiger partial charge on any atom is -0.489 e. The molecule has 0 saturated carbocycles. The first kappa shape index (κ1) is 15.2. The number of hydrogen-bond donors (Lipinski definition) is 0. The smallest absolute Gasteiger partial charge is 0.289 e. The van der Waals surface area contributed by atoms with Crippen LogP contribution in [0.5, 0.6) is 5.75 Å². The van der Waals surface area contributed by atoms with Crippen molar-refractivity contribution in [2.45, 2.75) is 31.5 Å². The lowest BCUT2D eigenvalue weighted by atomic mass is 9.84. The summed E-state index contributed by atoms with van der Waals surface area (Å²) < 4.78 is 17.4.